The van der Waals surface area contributed by atoms with Crippen molar-refractivity contribution in [3.8, 4) is 0 Å². The highest BCUT2D eigenvalue weighted by Crippen LogP contribution is 2.22. The molecule has 2 amide bonds. The van der Waals surface area contributed by atoms with E-state index in [-0.39, 0.29) is 11.8 Å². The Kier molecular flexibility index (Phi) is 8.55. The highest BCUT2D eigenvalue weighted by atomic mass is 35.5. The summed E-state index contributed by atoms with van der Waals surface area (Å²) in [5.41, 5.74) is 0.551. The van der Waals surface area contributed by atoms with Gasteiger partial charge in [-0.05, 0) is 42.7 Å². The third kappa shape index (κ3) is 6.36. The molecule has 1 aliphatic rings. The Hall–Kier alpha value is -1.82. The van der Waals surface area contributed by atoms with Crippen LogP contribution in [0.1, 0.15) is 56.8 Å². The molecule has 1 aromatic heterocycles. The Morgan fingerprint density at radius 3 is 2.54 bits per heavy atom. The van der Waals surface area contributed by atoms with E-state index in [4.69, 9.17) is 11.6 Å². The van der Waals surface area contributed by atoms with Crippen molar-refractivity contribution in [3.05, 3.63) is 22.8 Å². The lowest BCUT2D eigenvalue weighted by molar-refractivity contribution is -0.122. The van der Waals surface area contributed by atoms with Crippen LogP contribution in [0.2, 0.25) is 5.15 Å². The minimum absolute atomic E-state index is 0.0222. The van der Waals surface area contributed by atoms with Crippen LogP contribution in [0.3, 0.4) is 0 Å². The number of anilines is 1. The zero-order valence-electron chi connectivity index (χ0n) is 17.4. The number of rotatable bonds is 8. The number of likely N-dealkylation sites (tertiary alicyclic amines) is 1. The van der Waals surface area contributed by atoms with Crippen LogP contribution < -0.4 is 10.6 Å². The normalized spacial score (nSPS) is 16.1. The summed E-state index contributed by atoms with van der Waals surface area (Å²) in [6.45, 7) is 8.56. The van der Waals surface area contributed by atoms with Crippen molar-refractivity contribution in [2.24, 2.45) is 17.8 Å². The molecular formula is C21H33ClN4O2. The van der Waals surface area contributed by atoms with Gasteiger partial charge in [-0.2, -0.15) is 0 Å². The Morgan fingerprint density at radius 2 is 1.96 bits per heavy atom. The number of halogens is 1. The highest BCUT2D eigenvalue weighted by Gasteiger charge is 2.25. The molecule has 28 heavy (non-hydrogen) atoms. The summed E-state index contributed by atoms with van der Waals surface area (Å²) in [5, 5.41) is 6.32. The van der Waals surface area contributed by atoms with Crippen LogP contribution in [-0.4, -0.2) is 48.4 Å². The Balaban J connectivity index is 1.80. The number of hydrogen-bond donors (Lipinski definition) is 2. The second-order valence-electron chi connectivity index (χ2n) is 7.97. The van der Waals surface area contributed by atoms with Gasteiger partial charge in [0.2, 0.25) is 5.91 Å². The summed E-state index contributed by atoms with van der Waals surface area (Å²) in [4.78, 5) is 30.9. The van der Waals surface area contributed by atoms with Gasteiger partial charge >= 0.3 is 0 Å². The molecule has 0 aliphatic carbocycles. The second-order valence-corrected chi connectivity index (χ2v) is 8.36. The van der Waals surface area contributed by atoms with E-state index in [0.717, 1.165) is 19.3 Å². The summed E-state index contributed by atoms with van der Waals surface area (Å²) >= 11 is 6.01. The molecule has 1 atom stereocenters. The van der Waals surface area contributed by atoms with Crippen LogP contribution in [0, 0.1) is 17.8 Å². The summed E-state index contributed by atoms with van der Waals surface area (Å²) in [7, 11) is 1.75. The number of aromatic nitrogens is 1. The summed E-state index contributed by atoms with van der Waals surface area (Å²) < 4.78 is 0. The Bertz CT molecular complexity index is 672. The van der Waals surface area contributed by atoms with Crippen molar-refractivity contribution >= 4 is 29.2 Å². The van der Waals surface area contributed by atoms with E-state index in [1.54, 1.807) is 19.2 Å². The SMILES string of the molecule is CC[C@H](CC(=O)NCC1CCN(C(=O)c2cc(Cl)nc(NC)c2)CC1)C(C)C. The zero-order valence-corrected chi connectivity index (χ0v) is 18.2. The van der Waals surface area contributed by atoms with Gasteiger partial charge in [-0.15, -0.1) is 0 Å². The van der Waals surface area contributed by atoms with Gasteiger partial charge < -0.3 is 15.5 Å². The van der Waals surface area contributed by atoms with E-state index >= 15 is 0 Å². The topological polar surface area (TPSA) is 74.3 Å². The Labute approximate surface area is 173 Å². The molecule has 156 valence electrons. The molecule has 7 heteroatoms. The van der Waals surface area contributed by atoms with E-state index < -0.39 is 0 Å². The fourth-order valence-corrected chi connectivity index (χ4v) is 3.90. The quantitative estimate of drug-likeness (QED) is 0.641. The lowest BCUT2D eigenvalue weighted by Gasteiger charge is -2.32. The molecule has 0 aromatic carbocycles. The second kappa shape index (κ2) is 10.6. The molecule has 1 saturated heterocycles. The smallest absolute Gasteiger partial charge is 0.254 e. The van der Waals surface area contributed by atoms with Crippen LogP contribution >= 0.6 is 11.6 Å². The molecule has 2 N–H and O–H groups in total. The molecule has 2 heterocycles. The molecule has 0 radical (unpaired) electrons. The molecule has 6 nitrogen and oxygen atoms in total. The summed E-state index contributed by atoms with van der Waals surface area (Å²) in [5.74, 6) is 2.08. The number of pyridine rings is 1. The van der Waals surface area contributed by atoms with Crippen LogP contribution in [0.5, 0.6) is 0 Å². The van der Waals surface area contributed by atoms with Gasteiger partial charge in [0.1, 0.15) is 11.0 Å². The maximum Gasteiger partial charge on any atom is 0.254 e. The molecule has 0 saturated carbocycles. The monoisotopic (exact) mass is 408 g/mol. The van der Waals surface area contributed by atoms with E-state index in [1.165, 1.54) is 0 Å². The molecule has 2 rings (SSSR count). The van der Waals surface area contributed by atoms with Crippen molar-refractivity contribution in [2.75, 3.05) is 32.0 Å². The average Bonchev–Trinajstić information content (AvgIpc) is 2.69. The third-order valence-electron chi connectivity index (χ3n) is 5.70. The molecule has 1 fully saturated rings. The molecular weight excluding hydrogens is 376 g/mol. The number of hydrogen-bond acceptors (Lipinski definition) is 4. The van der Waals surface area contributed by atoms with E-state index in [2.05, 4.69) is 36.4 Å². The summed E-state index contributed by atoms with van der Waals surface area (Å²) in [6.07, 6.45) is 3.41. The fraction of sp³-hybridized carbons (Fsp3) is 0.667. The number of carbonyl (C=O) groups is 2. The van der Waals surface area contributed by atoms with Gasteiger partial charge in [0.05, 0.1) is 0 Å². The van der Waals surface area contributed by atoms with Crippen LogP contribution in [0.15, 0.2) is 12.1 Å². The fourth-order valence-electron chi connectivity index (χ4n) is 3.69. The van der Waals surface area contributed by atoms with Crippen LogP contribution in [0.25, 0.3) is 0 Å². The average molecular weight is 409 g/mol. The van der Waals surface area contributed by atoms with E-state index in [9.17, 15) is 9.59 Å². The molecule has 1 aromatic rings. The standard InChI is InChI=1S/C21H33ClN4O2/c1-5-16(14(2)3)12-20(27)24-13-15-6-8-26(9-7-15)21(28)17-10-18(22)25-19(11-17)23-4/h10-11,14-16H,5-9,12-13H2,1-4H3,(H,23,25)(H,24,27)/t16-/m1/s1. The summed E-state index contributed by atoms with van der Waals surface area (Å²) in [6, 6.07) is 3.33. The number of carbonyl (C=O) groups excluding carboxylic acids is 2. The maximum atomic E-state index is 12.8. The van der Waals surface area contributed by atoms with Crippen molar-refractivity contribution in [3.63, 3.8) is 0 Å². The van der Waals surface area contributed by atoms with Crippen LogP contribution in [-0.2, 0) is 4.79 Å². The lowest BCUT2D eigenvalue weighted by atomic mass is 9.89. The van der Waals surface area contributed by atoms with Crippen LogP contribution in [0.4, 0.5) is 5.82 Å². The van der Waals surface area contributed by atoms with Crippen molar-refractivity contribution in [1.82, 2.24) is 15.2 Å². The first-order valence-corrected chi connectivity index (χ1v) is 10.6. The van der Waals surface area contributed by atoms with Gasteiger partial charge in [0.15, 0.2) is 0 Å². The van der Waals surface area contributed by atoms with Gasteiger partial charge in [-0.25, -0.2) is 4.98 Å². The number of nitrogens with one attached hydrogen (secondary N) is 2. The minimum Gasteiger partial charge on any atom is -0.373 e. The van der Waals surface area contributed by atoms with Gasteiger partial charge in [0.25, 0.3) is 5.91 Å². The first-order valence-electron chi connectivity index (χ1n) is 10.2. The predicted molar refractivity (Wildman–Crippen MR) is 114 cm³/mol. The molecule has 0 unspecified atom stereocenters. The lowest BCUT2D eigenvalue weighted by Crippen LogP contribution is -2.41. The highest BCUT2D eigenvalue weighted by molar-refractivity contribution is 6.29. The number of nitrogens with zero attached hydrogens (tertiary/aromatic N) is 2. The maximum absolute atomic E-state index is 12.8. The first kappa shape index (κ1) is 22.5. The largest absolute Gasteiger partial charge is 0.373 e. The molecule has 0 spiro atoms. The third-order valence-corrected chi connectivity index (χ3v) is 5.90. The number of piperidine rings is 1. The van der Waals surface area contributed by atoms with E-state index in [1.807, 2.05) is 4.90 Å². The minimum atomic E-state index is -0.0222. The van der Waals surface area contributed by atoms with Crippen molar-refractivity contribution in [1.29, 1.82) is 0 Å². The predicted octanol–water partition coefficient (Wildman–Crippen LogP) is 3.82. The van der Waals surface area contributed by atoms with Gasteiger partial charge in [-0.1, -0.05) is 38.8 Å². The number of amides is 2. The first-order chi connectivity index (χ1) is 13.3. The molecule has 1 aliphatic heterocycles. The zero-order chi connectivity index (χ0) is 20.7. The van der Waals surface area contributed by atoms with Crippen molar-refractivity contribution < 1.29 is 9.59 Å². The van der Waals surface area contributed by atoms with E-state index in [0.29, 0.717) is 60.3 Å². The Morgan fingerprint density at radius 1 is 1.29 bits per heavy atom. The van der Waals surface area contributed by atoms with Gasteiger partial charge in [0, 0.05) is 38.7 Å². The van der Waals surface area contributed by atoms with Crippen molar-refractivity contribution in [2.45, 2.75) is 46.5 Å². The molecule has 0 bridgehead atoms. The van der Waals surface area contributed by atoms with Gasteiger partial charge in [-0.3, -0.25) is 9.59 Å².